The number of carbonyl (C=O) groups is 1. The van der Waals surface area contributed by atoms with Crippen molar-refractivity contribution in [3.05, 3.63) is 34.2 Å². The first kappa shape index (κ1) is 14.7. The highest BCUT2D eigenvalue weighted by atomic mass is 79.9. The van der Waals surface area contributed by atoms with E-state index in [-0.39, 0.29) is 26.8 Å². The number of benzene rings is 1. The number of aryl methyl sites for hydroxylation is 1. The maximum atomic E-state index is 13.9. The summed E-state index contributed by atoms with van der Waals surface area (Å²) in [5.74, 6) is -2.78. The van der Waals surface area contributed by atoms with Crippen molar-refractivity contribution < 1.29 is 22.4 Å². The van der Waals surface area contributed by atoms with Gasteiger partial charge in [-0.05, 0) is 41.1 Å². The van der Waals surface area contributed by atoms with E-state index < -0.39 is 17.9 Å². The normalized spacial score (nSPS) is 11.7. The zero-order valence-corrected chi connectivity index (χ0v) is 11.6. The lowest BCUT2D eigenvalue weighted by molar-refractivity contribution is -0.167. The number of pyridine rings is 1. The number of anilines is 1. The number of aromatic nitrogens is 1. The van der Waals surface area contributed by atoms with Gasteiger partial charge in [-0.15, -0.1) is 0 Å². The van der Waals surface area contributed by atoms with Gasteiger partial charge in [0.2, 0.25) is 0 Å². The molecule has 1 N–H and O–H groups in total. The average molecular weight is 351 g/mol. The van der Waals surface area contributed by atoms with Crippen LogP contribution < -0.4 is 5.32 Å². The number of fused-ring (bicyclic) bond motifs is 1. The number of rotatable bonds is 1. The van der Waals surface area contributed by atoms with Crippen molar-refractivity contribution in [2.45, 2.75) is 13.1 Å². The third-order valence-electron chi connectivity index (χ3n) is 2.58. The molecule has 0 unspecified atom stereocenters. The molecule has 0 atom stereocenters. The van der Waals surface area contributed by atoms with Gasteiger partial charge in [0.25, 0.3) is 0 Å². The minimum atomic E-state index is -5.02. The molecule has 1 heterocycles. The third kappa shape index (κ3) is 2.74. The molecule has 1 aromatic carbocycles. The molecule has 8 heteroatoms. The van der Waals surface area contributed by atoms with Crippen LogP contribution in [0, 0.1) is 12.7 Å². The van der Waals surface area contributed by atoms with Gasteiger partial charge in [0, 0.05) is 5.39 Å². The van der Waals surface area contributed by atoms with Crippen LogP contribution in [-0.2, 0) is 4.79 Å². The minimum Gasteiger partial charge on any atom is -0.317 e. The van der Waals surface area contributed by atoms with Crippen molar-refractivity contribution >= 4 is 38.4 Å². The van der Waals surface area contributed by atoms with Crippen LogP contribution in [-0.4, -0.2) is 17.1 Å². The topological polar surface area (TPSA) is 42.0 Å². The summed E-state index contributed by atoms with van der Waals surface area (Å²) in [5.41, 5.74) is 0.266. The quantitative estimate of drug-likeness (QED) is 0.791. The summed E-state index contributed by atoms with van der Waals surface area (Å²) in [4.78, 5) is 14.9. The molecule has 0 saturated carbocycles. The smallest absolute Gasteiger partial charge is 0.317 e. The van der Waals surface area contributed by atoms with Gasteiger partial charge in [-0.2, -0.15) is 13.2 Å². The summed E-state index contributed by atoms with van der Waals surface area (Å²) in [5, 5.41) is 1.70. The monoisotopic (exact) mass is 350 g/mol. The summed E-state index contributed by atoms with van der Waals surface area (Å²) >= 11 is 2.97. The highest BCUT2D eigenvalue weighted by Crippen LogP contribution is 2.28. The second kappa shape index (κ2) is 5.01. The SMILES string of the molecule is Cc1nc2ccc(Br)c(F)c2cc1NC(=O)C(F)(F)F. The predicted octanol–water partition coefficient (Wildman–Crippen LogP) is 3.95. The summed E-state index contributed by atoms with van der Waals surface area (Å²) in [7, 11) is 0. The van der Waals surface area contributed by atoms with Gasteiger partial charge < -0.3 is 5.32 Å². The third-order valence-corrected chi connectivity index (χ3v) is 3.19. The van der Waals surface area contributed by atoms with Gasteiger partial charge in [0.1, 0.15) is 5.82 Å². The number of hydrogen-bond acceptors (Lipinski definition) is 2. The fourth-order valence-corrected chi connectivity index (χ4v) is 1.95. The van der Waals surface area contributed by atoms with E-state index in [0.29, 0.717) is 0 Å². The molecule has 1 amide bonds. The predicted molar refractivity (Wildman–Crippen MR) is 68.8 cm³/mol. The molecule has 0 saturated heterocycles. The van der Waals surface area contributed by atoms with E-state index in [4.69, 9.17) is 0 Å². The van der Waals surface area contributed by atoms with E-state index in [9.17, 15) is 22.4 Å². The van der Waals surface area contributed by atoms with E-state index in [1.54, 1.807) is 5.32 Å². The molecule has 0 aliphatic carbocycles. The Morgan fingerprint density at radius 3 is 2.60 bits per heavy atom. The van der Waals surface area contributed by atoms with Gasteiger partial charge in [-0.1, -0.05) is 0 Å². The molecular formula is C12H7BrF4N2O. The van der Waals surface area contributed by atoms with E-state index in [0.717, 1.165) is 6.07 Å². The Morgan fingerprint density at radius 2 is 2.00 bits per heavy atom. The Labute approximate surface area is 119 Å². The molecule has 0 bridgehead atoms. The highest BCUT2D eigenvalue weighted by molar-refractivity contribution is 9.10. The number of nitrogens with zero attached hydrogens (tertiary/aromatic N) is 1. The van der Waals surface area contributed by atoms with Crippen molar-refractivity contribution in [1.29, 1.82) is 0 Å². The molecule has 0 aliphatic rings. The number of amides is 1. The fraction of sp³-hybridized carbons (Fsp3) is 0.167. The van der Waals surface area contributed by atoms with E-state index >= 15 is 0 Å². The lowest BCUT2D eigenvalue weighted by atomic mass is 10.1. The molecule has 3 nitrogen and oxygen atoms in total. The molecule has 2 rings (SSSR count). The first-order valence-corrected chi connectivity index (χ1v) is 6.13. The van der Waals surface area contributed by atoms with Gasteiger partial charge in [0.05, 0.1) is 21.4 Å². The van der Waals surface area contributed by atoms with E-state index in [2.05, 4.69) is 20.9 Å². The molecule has 0 aliphatic heterocycles. The molecule has 2 aromatic rings. The maximum absolute atomic E-state index is 13.9. The lowest BCUT2D eigenvalue weighted by Crippen LogP contribution is -2.30. The number of nitrogens with one attached hydrogen (secondary N) is 1. The highest BCUT2D eigenvalue weighted by Gasteiger charge is 2.39. The van der Waals surface area contributed by atoms with Crippen molar-refractivity contribution in [2.24, 2.45) is 0 Å². The van der Waals surface area contributed by atoms with Crippen molar-refractivity contribution in [3.8, 4) is 0 Å². The van der Waals surface area contributed by atoms with Crippen LogP contribution in [0.15, 0.2) is 22.7 Å². The first-order valence-electron chi connectivity index (χ1n) is 5.33. The van der Waals surface area contributed by atoms with Crippen molar-refractivity contribution in [3.63, 3.8) is 0 Å². The van der Waals surface area contributed by atoms with Gasteiger partial charge in [0.15, 0.2) is 0 Å². The van der Waals surface area contributed by atoms with E-state index in [1.165, 1.54) is 19.1 Å². The number of halogens is 5. The van der Waals surface area contributed by atoms with Crippen LogP contribution >= 0.6 is 15.9 Å². The van der Waals surface area contributed by atoms with Gasteiger partial charge in [-0.3, -0.25) is 9.78 Å². The minimum absolute atomic E-state index is 0.0162. The number of alkyl halides is 3. The largest absolute Gasteiger partial charge is 0.471 e. The van der Waals surface area contributed by atoms with Crippen LogP contribution in [0.3, 0.4) is 0 Å². The molecule has 106 valence electrons. The number of carbonyl (C=O) groups excluding carboxylic acids is 1. The van der Waals surface area contributed by atoms with Crippen LogP contribution in [0.2, 0.25) is 0 Å². The Kier molecular flexibility index (Phi) is 3.68. The van der Waals surface area contributed by atoms with Gasteiger partial charge >= 0.3 is 12.1 Å². The maximum Gasteiger partial charge on any atom is 0.471 e. The van der Waals surface area contributed by atoms with E-state index in [1.807, 2.05) is 0 Å². The molecule has 0 fully saturated rings. The molecule has 0 spiro atoms. The molecule has 20 heavy (non-hydrogen) atoms. The number of hydrogen-bond donors (Lipinski definition) is 1. The Bertz CT molecular complexity index is 700. The summed E-state index contributed by atoms with van der Waals surface area (Å²) in [6, 6.07) is 4.09. The standard InChI is InChI=1S/C12H7BrF4N2O/c1-5-9(19-11(20)12(15,16)17)4-6-8(18-5)3-2-7(13)10(6)14/h2-4H,1H3,(H,19,20). The molecule has 0 radical (unpaired) electrons. The summed E-state index contributed by atoms with van der Waals surface area (Å²) in [6.45, 7) is 1.42. The Morgan fingerprint density at radius 1 is 1.35 bits per heavy atom. The Hall–Kier alpha value is -1.70. The van der Waals surface area contributed by atoms with Gasteiger partial charge in [-0.25, -0.2) is 4.39 Å². The second-order valence-electron chi connectivity index (χ2n) is 4.00. The van der Waals surface area contributed by atoms with Crippen LogP contribution in [0.25, 0.3) is 10.9 Å². The first-order chi connectivity index (χ1) is 9.20. The molecular weight excluding hydrogens is 344 g/mol. The summed E-state index contributed by atoms with van der Waals surface area (Å²) in [6.07, 6.45) is -5.02. The summed E-state index contributed by atoms with van der Waals surface area (Å²) < 4.78 is 50.6. The Balaban J connectivity index is 2.52. The van der Waals surface area contributed by atoms with Crippen molar-refractivity contribution in [1.82, 2.24) is 4.98 Å². The molecule has 1 aromatic heterocycles. The zero-order valence-electron chi connectivity index (χ0n) is 9.98. The van der Waals surface area contributed by atoms with Crippen LogP contribution in [0.1, 0.15) is 5.69 Å². The fourth-order valence-electron chi connectivity index (χ4n) is 1.60. The second-order valence-corrected chi connectivity index (χ2v) is 4.86. The average Bonchev–Trinajstić information content (AvgIpc) is 2.34. The van der Waals surface area contributed by atoms with Crippen LogP contribution in [0.5, 0.6) is 0 Å². The van der Waals surface area contributed by atoms with Crippen molar-refractivity contribution in [2.75, 3.05) is 5.32 Å². The van der Waals surface area contributed by atoms with Crippen LogP contribution in [0.4, 0.5) is 23.2 Å². The lowest BCUT2D eigenvalue weighted by Gasteiger charge is -2.11. The zero-order chi connectivity index (χ0) is 15.1.